The van der Waals surface area contributed by atoms with Crippen molar-refractivity contribution in [1.82, 2.24) is 5.32 Å². The number of fused-ring (bicyclic) bond motifs is 2. The van der Waals surface area contributed by atoms with Gasteiger partial charge in [-0.2, -0.15) is 0 Å². The summed E-state index contributed by atoms with van der Waals surface area (Å²) < 4.78 is 11.2. The molecule has 0 spiro atoms. The van der Waals surface area contributed by atoms with Crippen LogP contribution in [0.4, 0.5) is 0 Å². The van der Waals surface area contributed by atoms with Crippen molar-refractivity contribution < 1.29 is 23.5 Å². The summed E-state index contributed by atoms with van der Waals surface area (Å²) >= 11 is 11.9. The predicted octanol–water partition coefficient (Wildman–Crippen LogP) is 6.18. The fraction of sp³-hybridized carbons (Fsp3) is 0.138. The molecule has 0 aliphatic carbocycles. The lowest BCUT2D eigenvalue weighted by Crippen LogP contribution is -2.43. The Morgan fingerprint density at radius 2 is 1.61 bits per heavy atom. The smallest absolute Gasteiger partial charge is 0.340 e. The molecular formula is C29H21Cl2NO6. The van der Waals surface area contributed by atoms with Crippen molar-refractivity contribution in [3.63, 3.8) is 0 Å². The summed E-state index contributed by atoms with van der Waals surface area (Å²) in [7, 11) is 0. The summed E-state index contributed by atoms with van der Waals surface area (Å²) in [5, 5.41) is 14.7. The number of carboxylic acid groups (broad SMARTS) is 1. The van der Waals surface area contributed by atoms with Crippen LogP contribution < -0.4 is 10.9 Å². The number of carbonyl (C=O) groups excluding carboxylic acids is 1. The van der Waals surface area contributed by atoms with E-state index in [1.54, 1.807) is 55.7 Å². The molecule has 38 heavy (non-hydrogen) atoms. The van der Waals surface area contributed by atoms with Gasteiger partial charge in [0.25, 0.3) is 0 Å². The first-order valence-corrected chi connectivity index (χ1v) is 12.5. The van der Waals surface area contributed by atoms with Crippen LogP contribution in [0.2, 0.25) is 10.0 Å². The number of nitrogens with one attached hydrogen (secondary N) is 1. The van der Waals surface area contributed by atoms with Crippen LogP contribution in [0, 0.1) is 6.92 Å². The Labute approximate surface area is 226 Å². The van der Waals surface area contributed by atoms with Crippen LogP contribution in [-0.4, -0.2) is 23.0 Å². The van der Waals surface area contributed by atoms with Crippen LogP contribution in [0.3, 0.4) is 0 Å². The van der Waals surface area contributed by atoms with Crippen molar-refractivity contribution >= 4 is 57.0 Å². The van der Waals surface area contributed by atoms with E-state index in [2.05, 4.69) is 5.32 Å². The first-order chi connectivity index (χ1) is 18.2. The Bertz CT molecular complexity index is 1740. The van der Waals surface area contributed by atoms with Crippen LogP contribution >= 0.6 is 23.2 Å². The van der Waals surface area contributed by atoms with Gasteiger partial charge in [-0.05, 0) is 53.9 Å². The molecular weight excluding hydrogens is 529 g/mol. The molecule has 3 aromatic carbocycles. The molecule has 0 unspecified atom stereocenters. The molecule has 0 saturated carbocycles. The van der Waals surface area contributed by atoms with E-state index < -0.39 is 23.5 Å². The monoisotopic (exact) mass is 549 g/mol. The highest BCUT2D eigenvalue weighted by Crippen LogP contribution is 2.35. The first-order valence-electron chi connectivity index (χ1n) is 11.7. The number of hydrogen-bond donors (Lipinski definition) is 2. The second-order valence-electron chi connectivity index (χ2n) is 8.96. The minimum absolute atomic E-state index is 0.0650. The molecule has 2 heterocycles. The fourth-order valence-corrected chi connectivity index (χ4v) is 4.68. The Balaban J connectivity index is 1.45. The van der Waals surface area contributed by atoms with Crippen LogP contribution in [0.25, 0.3) is 33.1 Å². The molecule has 0 aliphatic rings. The van der Waals surface area contributed by atoms with Gasteiger partial charge in [-0.15, -0.1) is 0 Å². The third-order valence-corrected chi connectivity index (χ3v) is 6.96. The number of hydrogen-bond acceptors (Lipinski definition) is 5. The highest BCUT2D eigenvalue weighted by molar-refractivity contribution is 6.30. The van der Waals surface area contributed by atoms with E-state index in [1.165, 1.54) is 0 Å². The highest BCUT2D eigenvalue weighted by Gasteiger charge is 2.23. The predicted molar refractivity (Wildman–Crippen MR) is 146 cm³/mol. The molecule has 0 radical (unpaired) electrons. The Hall–Kier alpha value is -4.07. The topological polar surface area (TPSA) is 110 Å². The number of carboxylic acids is 1. The van der Waals surface area contributed by atoms with E-state index >= 15 is 0 Å². The number of aliphatic carboxylic acids is 1. The molecule has 5 rings (SSSR count). The molecule has 1 atom stereocenters. The van der Waals surface area contributed by atoms with Gasteiger partial charge in [0.15, 0.2) is 0 Å². The van der Waals surface area contributed by atoms with E-state index in [1.807, 2.05) is 18.2 Å². The molecule has 2 aromatic heterocycles. The third kappa shape index (κ3) is 5.16. The maximum atomic E-state index is 12.8. The second-order valence-corrected chi connectivity index (χ2v) is 9.83. The molecule has 9 heteroatoms. The molecule has 1 amide bonds. The van der Waals surface area contributed by atoms with Gasteiger partial charge in [-0.3, -0.25) is 4.79 Å². The molecule has 0 bridgehead atoms. The number of aryl methyl sites for hydroxylation is 1. The Kier molecular flexibility index (Phi) is 6.97. The number of halogens is 2. The van der Waals surface area contributed by atoms with E-state index in [9.17, 15) is 19.5 Å². The standard InChI is InChI=1S/C29H21Cl2NO6/c1-15-20-11-22-23(17-4-8-19(31)9-5-17)14-37-25(22)13-26(20)38-29(36)21(15)12-27(33)32-24(28(34)35)10-16-2-6-18(30)7-3-16/h2-9,11,13-14,24H,10,12H2,1H3,(H,32,33)(H,34,35)/t24-/m0/s1. The number of amides is 1. The minimum Gasteiger partial charge on any atom is -0.480 e. The van der Waals surface area contributed by atoms with Crippen molar-refractivity contribution in [2.45, 2.75) is 25.8 Å². The van der Waals surface area contributed by atoms with Crippen molar-refractivity contribution in [3.05, 3.63) is 104 Å². The number of rotatable bonds is 7. The van der Waals surface area contributed by atoms with Gasteiger partial charge >= 0.3 is 11.6 Å². The lowest BCUT2D eigenvalue weighted by Gasteiger charge is -2.15. The lowest BCUT2D eigenvalue weighted by molar-refractivity contribution is -0.141. The summed E-state index contributed by atoms with van der Waals surface area (Å²) in [4.78, 5) is 37.5. The van der Waals surface area contributed by atoms with Crippen LogP contribution in [0.15, 0.2) is 80.6 Å². The van der Waals surface area contributed by atoms with Crippen molar-refractivity contribution in [3.8, 4) is 11.1 Å². The first kappa shape index (κ1) is 25.6. The van der Waals surface area contributed by atoms with Gasteiger partial charge in [-0.1, -0.05) is 47.5 Å². The molecule has 0 aliphatic heterocycles. The van der Waals surface area contributed by atoms with E-state index in [-0.39, 0.29) is 18.4 Å². The van der Waals surface area contributed by atoms with Crippen molar-refractivity contribution in [1.29, 1.82) is 0 Å². The average molecular weight is 550 g/mol. The SMILES string of the molecule is Cc1c(CC(=O)N[C@@H](Cc2ccc(Cl)cc2)C(=O)O)c(=O)oc2cc3occ(-c4ccc(Cl)cc4)c3cc12. The molecule has 0 saturated heterocycles. The third-order valence-electron chi connectivity index (χ3n) is 6.46. The maximum absolute atomic E-state index is 12.8. The van der Waals surface area contributed by atoms with Crippen LogP contribution in [-0.2, 0) is 22.4 Å². The van der Waals surface area contributed by atoms with Crippen molar-refractivity contribution in [2.24, 2.45) is 0 Å². The summed E-state index contributed by atoms with van der Waals surface area (Å²) in [6.45, 7) is 1.73. The maximum Gasteiger partial charge on any atom is 0.340 e. The van der Waals surface area contributed by atoms with E-state index in [0.717, 1.165) is 16.5 Å². The number of carbonyl (C=O) groups is 2. The molecule has 0 fully saturated rings. The molecule has 2 N–H and O–H groups in total. The minimum atomic E-state index is -1.19. The largest absolute Gasteiger partial charge is 0.480 e. The zero-order chi connectivity index (χ0) is 27.0. The zero-order valence-electron chi connectivity index (χ0n) is 20.1. The Morgan fingerprint density at radius 1 is 0.947 bits per heavy atom. The van der Waals surface area contributed by atoms with E-state index in [4.69, 9.17) is 32.0 Å². The van der Waals surface area contributed by atoms with Gasteiger partial charge in [0, 0.05) is 38.9 Å². The van der Waals surface area contributed by atoms with Gasteiger partial charge in [0.05, 0.1) is 18.2 Å². The summed E-state index contributed by atoms with van der Waals surface area (Å²) in [5.41, 5.74) is 3.37. The van der Waals surface area contributed by atoms with Gasteiger partial charge in [-0.25, -0.2) is 9.59 Å². The zero-order valence-corrected chi connectivity index (χ0v) is 21.6. The summed E-state index contributed by atoms with van der Waals surface area (Å²) in [6.07, 6.45) is 1.36. The Morgan fingerprint density at radius 3 is 2.26 bits per heavy atom. The molecule has 5 aromatic rings. The molecule has 192 valence electrons. The van der Waals surface area contributed by atoms with E-state index in [0.29, 0.717) is 37.7 Å². The summed E-state index contributed by atoms with van der Waals surface area (Å²) in [5.74, 6) is -1.79. The average Bonchev–Trinajstić information content (AvgIpc) is 3.29. The highest BCUT2D eigenvalue weighted by atomic mass is 35.5. The van der Waals surface area contributed by atoms with Crippen LogP contribution in [0.1, 0.15) is 16.7 Å². The normalized spacial score (nSPS) is 12.1. The second kappa shape index (κ2) is 10.4. The van der Waals surface area contributed by atoms with Crippen molar-refractivity contribution in [2.75, 3.05) is 0 Å². The number of benzene rings is 3. The van der Waals surface area contributed by atoms with Gasteiger partial charge in [0.1, 0.15) is 17.2 Å². The lowest BCUT2D eigenvalue weighted by atomic mass is 9.99. The fourth-order valence-electron chi connectivity index (χ4n) is 4.43. The quantitative estimate of drug-likeness (QED) is 0.235. The summed E-state index contributed by atoms with van der Waals surface area (Å²) in [6, 6.07) is 16.4. The molecule has 7 nitrogen and oxygen atoms in total. The van der Waals surface area contributed by atoms with Crippen LogP contribution in [0.5, 0.6) is 0 Å². The van der Waals surface area contributed by atoms with Gasteiger partial charge in [0.2, 0.25) is 5.91 Å². The number of furan rings is 1. The van der Waals surface area contributed by atoms with Gasteiger partial charge < -0.3 is 19.3 Å².